The van der Waals surface area contributed by atoms with Gasteiger partial charge in [-0.25, -0.2) is 0 Å². The van der Waals surface area contributed by atoms with E-state index >= 15 is 0 Å². The quantitative estimate of drug-likeness (QED) is 0.921. The zero-order chi connectivity index (χ0) is 13.8. The molecule has 4 nitrogen and oxygen atoms in total. The van der Waals surface area contributed by atoms with Gasteiger partial charge in [0.1, 0.15) is 6.10 Å². The zero-order valence-corrected chi connectivity index (χ0v) is 12.2. The molecule has 0 aromatic carbocycles. The Bertz CT molecular complexity index is 418. The van der Waals surface area contributed by atoms with E-state index in [4.69, 9.17) is 9.47 Å². The van der Waals surface area contributed by atoms with Gasteiger partial charge in [0.25, 0.3) is 0 Å². The maximum absolute atomic E-state index is 6.50. The zero-order valence-electron chi connectivity index (χ0n) is 12.2. The molecule has 1 aromatic rings. The standard InChI is InChI=1S/C16H24N2O2/c1-2-19-13-11-15(14-5-3-4-8-18-14)20-16(12-13)6-9-17-10-7-16/h3-5,8,13,15,17H,2,6-7,9-12H2,1H3/t13-,15-/m0/s1. The molecule has 0 amide bonds. The Hall–Kier alpha value is -0.970. The first-order valence-electron chi connectivity index (χ1n) is 7.72. The minimum Gasteiger partial charge on any atom is -0.378 e. The number of piperidine rings is 1. The highest BCUT2D eigenvalue weighted by Gasteiger charge is 2.43. The van der Waals surface area contributed by atoms with Gasteiger partial charge in [0.2, 0.25) is 0 Å². The van der Waals surface area contributed by atoms with Gasteiger partial charge >= 0.3 is 0 Å². The summed E-state index contributed by atoms with van der Waals surface area (Å²) < 4.78 is 12.4. The second-order valence-corrected chi connectivity index (χ2v) is 5.81. The van der Waals surface area contributed by atoms with Crippen LogP contribution in [0.4, 0.5) is 0 Å². The van der Waals surface area contributed by atoms with Crippen molar-refractivity contribution < 1.29 is 9.47 Å². The lowest BCUT2D eigenvalue weighted by molar-refractivity contribution is -0.186. The minimum atomic E-state index is -0.0223. The van der Waals surface area contributed by atoms with Crippen molar-refractivity contribution in [2.75, 3.05) is 19.7 Å². The molecule has 3 rings (SSSR count). The molecule has 1 aromatic heterocycles. The first kappa shape index (κ1) is 14.0. The molecular weight excluding hydrogens is 252 g/mol. The fraction of sp³-hybridized carbons (Fsp3) is 0.688. The number of nitrogens with one attached hydrogen (secondary N) is 1. The van der Waals surface area contributed by atoms with Gasteiger partial charge in [-0.3, -0.25) is 4.98 Å². The van der Waals surface area contributed by atoms with E-state index in [-0.39, 0.29) is 11.7 Å². The lowest BCUT2D eigenvalue weighted by Crippen LogP contribution is -2.50. The number of aromatic nitrogens is 1. The van der Waals surface area contributed by atoms with Crippen LogP contribution >= 0.6 is 0 Å². The number of hydrogen-bond acceptors (Lipinski definition) is 4. The molecule has 0 saturated carbocycles. The molecule has 3 heterocycles. The van der Waals surface area contributed by atoms with E-state index in [1.54, 1.807) is 0 Å². The van der Waals surface area contributed by atoms with Crippen molar-refractivity contribution in [3.63, 3.8) is 0 Å². The van der Waals surface area contributed by atoms with Gasteiger partial charge in [-0.15, -0.1) is 0 Å². The van der Waals surface area contributed by atoms with Crippen LogP contribution in [0.25, 0.3) is 0 Å². The van der Waals surface area contributed by atoms with E-state index in [2.05, 4.69) is 23.3 Å². The van der Waals surface area contributed by atoms with Gasteiger partial charge < -0.3 is 14.8 Å². The number of nitrogens with zero attached hydrogens (tertiary/aromatic N) is 1. The second kappa shape index (κ2) is 6.20. The molecule has 2 atom stereocenters. The van der Waals surface area contributed by atoms with Crippen LogP contribution in [-0.2, 0) is 9.47 Å². The van der Waals surface area contributed by atoms with E-state index in [0.717, 1.165) is 51.1 Å². The molecule has 1 spiro atoms. The summed E-state index contributed by atoms with van der Waals surface area (Å²) in [7, 11) is 0. The fourth-order valence-corrected chi connectivity index (χ4v) is 3.45. The van der Waals surface area contributed by atoms with Crippen LogP contribution < -0.4 is 5.32 Å². The van der Waals surface area contributed by atoms with E-state index in [1.165, 1.54) is 0 Å². The lowest BCUT2D eigenvalue weighted by Gasteiger charge is -2.46. The summed E-state index contributed by atoms with van der Waals surface area (Å²) in [4.78, 5) is 4.48. The SMILES string of the molecule is CCO[C@H]1C[C@@H](c2ccccn2)OC2(CCNCC2)C1. The van der Waals surface area contributed by atoms with Crippen LogP contribution in [0, 0.1) is 0 Å². The molecule has 4 heteroatoms. The number of ether oxygens (including phenoxy) is 2. The number of rotatable bonds is 3. The predicted octanol–water partition coefficient (Wildman–Crippen LogP) is 2.46. The Kier molecular flexibility index (Phi) is 4.34. The Morgan fingerprint density at radius 1 is 1.40 bits per heavy atom. The van der Waals surface area contributed by atoms with Gasteiger partial charge in [-0.2, -0.15) is 0 Å². The Balaban J connectivity index is 1.79. The summed E-state index contributed by atoms with van der Waals surface area (Å²) in [6, 6.07) is 6.05. The maximum Gasteiger partial charge on any atom is 0.103 e. The van der Waals surface area contributed by atoms with Crippen LogP contribution in [-0.4, -0.2) is 36.4 Å². The van der Waals surface area contributed by atoms with E-state index in [9.17, 15) is 0 Å². The average molecular weight is 276 g/mol. The van der Waals surface area contributed by atoms with Gasteiger partial charge in [0.05, 0.1) is 17.4 Å². The second-order valence-electron chi connectivity index (χ2n) is 5.81. The highest BCUT2D eigenvalue weighted by molar-refractivity contribution is 5.10. The van der Waals surface area contributed by atoms with Crippen LogP contribution in [0.2, 0.25) is 0 Å². The van der Waals surface area contributed by atoms with Crippen LogP contribution in [0.3, 0.4) is 0 Å². The molecule has 0 bridgehead atoms. The fourth-order valence-electron chi connectivity index (χ4n) is 3.45. The van der Waals surface area contributed by atoms with Crippen LogP contribution in [0.1, 0.15) is 44.4 Å². The number of pyridine rings is 1. The van der Waals surface area contributed by atoms with Crippen molar-refractivity contribution in [3.8, 4) is 0 Å². The van der Waals surface area contributed by atoms with Crippen molar-refractivity contribution in [1.29, 1.82) is 0 Å². The van der Waals surface area contributed by atoms with E-state index < -0.39 is 0 Å². The Labute approximate surface area is 120 Å². The van der Waals surface area contributed by atoms with Gasteiger partial charge in [0, 0.05) is 25.6 Å². The summed E-state index contributed by atoms with van der Waals surface area (Å²) in [5.74, 6) is 0. The molecule has 2 aliphatic heterocycles. The topological polar surface area (TPSA) is 43.4 Å². The highest BCUT2D eigenvalue weighted by Crippen LogP contribution is 2.42. The third kappa shape index (κ3) is 3.03. The minimum absolute atomic E-state index is 0.0223. The third-order valence-corrected chi connectivity index (χ3v) is 4.40. The van der Waals surface area contributed by atoms with Crippen molar-refractivity contribution in [2.24, 2.45) is 0 Å². The molecule has 2 saturated heterocycles. The third-order valence-electron chi connectivity index (χ3n) is 4.40. The summed E-state index contributed by atoms with van der Waals surface area (Å²) in [5.41, 5.74) is 1.01. The summed E-state index contributed by atoms with van der Waals surface area (Å²) in [5, 5.41) is 3.42. The molecule has 20 heavy (non-hydrogen) atoms. The first-order valence-corrected chi connectivity index (χ1v) is 7.72. The molecule has 110 valence electrons. The number of hydrogen-bond donors (Lipinski definition) is 1. The van der Waals surface area contributed by atoms with E-state index in [0.29, 0.717) is 6.10 Å². The summed E-state index contributed by atoms with van der Waals surface area (Å²) >= 11 is 0. The Morgan fingerprint density at radius 3 is 2.95 bits per heavy atom. The maximum atomic E-state index is 6.50. The van der Waals surface area contributed by atoms with Crippen LogP contribution in [0.15, 0.2) is 24.4 Å². The smallest absolute Gasteiger partial charge is 0.103 e. The largest absolute Gasteiger partial charge is 0.378 e. The summed E-state index contributed by atoms with van der Waals surface area (Å²) in [6.07, 6.45) is 6.28. The molecule has 0 unspecified atom stereocenters. The van der Waals surface area contributed by atoms with Crippen molar-refractivity contribution in [1.82, 2.24) is 10.3 Å². The first-order chi connectivity index (χ1) is 9.81. The van der Waals surface area contributed by atoms with E-state index in [1.807, 2.05) is 18.3 Å². The van der Waals surface area contributed by atoms with Gasteiger partial charge in [-0.1, -0.05) is 6.07 Å². The molecule has 1 N–H and O–H groups in total. The van der Waals surface area contributed by atoms with Crippen LogP contribution in [0.5, 0.6) is 0 Å². The predicted molar refractivity (Wildman–Crippen MR) is 77.5 cm³/mol. The highest BCUT2D eigenvalue weighted by atomic mass is 16.5. The van der Waals surface area contributed by atoms with Gasteiger partial charge in [-0.05, 0) is 45.0 Å². The normalized spacial score (nSPS) is 29.4. The molecule has 2 aliphatic rings. The molecule has 0 radical (unpaired) electrons. The molecule has 2 fully saturated rings. The van der Waals surface area contributed by atoms with Crippen molar-refractivity contribution >= 4 is 0 Å². The van der Waals surface area contributed by atoms with Gasteiger partial charge in [0.15, 0.2) is 0 Å². The Morgan fingerprint density at radius 2 is 2.25 bits per heavy atom. The summed E-state index contributed by atoms with van der Waals surface area (Å²) in [6.45, 7) is 4.91. The molecular formula is C16H24N2O2. The average Bonchev–Trinajstić information content (AvgIpc) is 2.49. The molecule has 0 aliphatic carbocycles. The van der Waals surface area contributed by atoms with Crippen molar-refractivity contribution in [2.45, 2.75) is 50.4 Å². The lowest BCUT2D eigenvalue weighted by atomic mass is 9.82. The van der Waals surface area contributed by atoms with Crippen molar-refractivity contribution in [3.05, 3.63) is 30.1 Å². The monoisotopic (exact) mass is 276 g/mol.